The first-order valence-corrected chi connectivity index (χ1v) is 7.80. The monoisotopic (exact) mass is 316 g/mol. The number of hydrogen-bond acceptors (Lipinski definition) is 4. The molecule has 4 rings (SSSR count). The van der Waals surface area contributed by atoms with E-state index < -0.39 is 0 Å². The van der Waals surface area contributed by atoms with Gasteiger partial charge in [0.25, 0.3) is 0 Å². The van der Waals surface area contributed by atoms with Gasteiger partial charge in [0.1, 0.15) is 12.1 Å². The summed E-state index contributed by atoms with van der Waals surface area (Å²) in [5, 5.41) is 2.94. The van der Waals surface area contributed by atoms with E-state index in [0.29, 0.717) is 6.54 Å². The number of nitrogens with one attached hydrogen (secondary N) is 1. The average Bonchev–Trinajstić information content (AvgIpc) is 2.80. The second-order valence-corrected chi connectivity index (χ2v) is 5.69. The highest BCUT2D eigenvalue weighted by molar-refractivity contribution is 5.95. The SMILES string of the molecule is O=C1CN(c2cc(-c3ccccc3)ncn2)Cc2ccccc2N1. The second-order valence-electron chi connectivity index (χ2n) is 5.69. The van der Waals surface area contributed by atoms with Crippen molar-refractivity contribution in [2.75, 3.05) is 16.8 Å². The maximum absolute atomic E-state index is 12.2. The average molecular weight is 316 g/mol. The van der Waals surface area contributed by atoms with E-state index in [1.54, 1.807) is 6.33 Å². The molecule has 1 amide bonds. The van der Waals surface area contributed by atoms with Crippen molar-refractivity contribution in [1.29, 1.82) is 0 Å². The normalized spacial score (nSPS) is 13.8. The minimum absolute atomic E-state index is 0.0418. The van der Waals surface area contributed by atoms with Crippen LogP contribution in [0, 0.1) is 0 Å². The predicted molar refractivity (Wildman–Crippen MR) is 93.6 cm³/mol. The van der Waals surface area contributed by atoms with Crippen LogP contribution in [0.4, 0.5) is 11.5 Å². The van der Waals surface area contributed by atoms with Gasteiger partial charge in [-0.25, -0.2) is 9.97 Å². The lowest BCUT2D eigenvalue weighted by Crippen LogP contribution is -2.30. The Morgan fingerprint density at radius 1 is 0.917 bits per heavy atom. The van der Waals surface area contributed by atoms with Crippen LogP contribution in [0.15, 0.2) is 67.0 Å². The molecule has 2 heterocycles. The third-order valence-electron chi connectivity index (χ3n) is 4.03. The number of aromatic nitrogens is 2. The maximum Gasteiger partial charge on any atom is 0.243 e. The van der Waals surface area contributed by atoms with Crippen LogP contribution in [0.2, 0.25) is 0 Å². The minimum atomic E-state index is -0.0418. The molecule has 3 aromatic rings. The molecule has 0 fully saturated rings. The molecule has 0 unspecified atom stereocenters. The van der Waals surface area contributed by atoms with Gasteiger partial charge in [0, 0.05) is 23.9 Å². The number of nitrogens with zero attached hydrogens (tertiary/aromatic N) is 3. The van der Waals surface area contributed by atoms with Crippen molar-refractivity contribution in [3.63, 3.8) is 0 Å². The first-order valence-electron chi connectivity index (χ1n) is 7.80. The maximum atomic E-state index is 12.2. The lowest BCUT2D eigenvalue weighted by atomic mass is 10.1. The number of amides is 1. The molecule has 0 saturated carbocycles. The fourth-order valence-corrected chi connectivity index (χ4v) is 2.85. The molecular weight excluding hydrogens is 300 g/mol. The first kappa shape index (κ1) is 14.4. The van der Waals surface area contributed by atoms with Gasteiger partial charge < -0.3 is 10.2 Å². The Kier molecular flexibility index (Phi) is 3.67. The van der Waals surface area contributed by atoms with E-state index in [4.69, 9.17) is 0 Å². The zero-order valence-electron chi connectivity index (χ0n) is 13.0. The zero-order valence-corrected chi connectivity index (χ0v) is 13.0. The smallest absolute Gasteiger partial charge is 0.243 e. The number of carbonyl (C=O) groups is 1. The van der Waals surface area contributed by atoms with Crippen LogP contribution in [0.1, 0.15) is 5.56 Å². The van der Waals surface area contributed by atoms with E-state index in [1.807, 2.05) is 65.6 Å². The van der Waals surface area contributed by atoms with E-state index in [0.717, 1.165) is 28.3 Å². The summed E-state index contributed by atoms with van der Waals surface area (Å²) in [6.45, 7) is 0.889. The van der Waals surface area contributed by atoms with Crippen LogP contribution in [-0.2, 0) is 11.3 Å². The number of carbonyl (C=O) groups excluding carboxylic acids is 1. The van der Waals surface area contributed by atoms with E-state index in [2.05, 4.69) is 15.3 Å². The molecule has 5 heteroatoms. The van der Waals surface area contributed by atoms with Gasteiger partial charge in [-0.15, -0.1) is 0 Å². The van der Waals surface area contributed by atoms with Crippen molar-refractivity contribution in [3.8, 4) is 11.3 Å². The standard InChI is InChI=1S/C19H16N4O/c24-19-12-23(11-15-8-4-5-9-16(15)22-19)18-10-17(20-13-21-18)14-6-2-1-3-7-14/h1-10,13H,11-12H2,(H,22,24). The van der Waals surface area contributed by atoms with Crippen LogP contribution in [0.25, 0.3) is 11.3 Å². The first-order chi connectivity index (χ1) is 11.8. The van der Waals surface area contributed by atoms with Gasteiger partial charge >= 0.3 is 0 Å². The molecule has 1 aromatic heterocycles. The lowest BCUT2D eigenvalue weighted by Gasteiger charge is -2.20. The summed E-state index contributed by atoms with van der Waals surface area (Å²) >= 11 is 0. The van der Waals surface area contributed by atoms with Gasteiger partial charge in [-0.1, -0.05) is 48.5 Å². The molecule has 2 aromatic carbocycles. The molecule has 1 aliphatic heterocycles. The number of fused-ring (bicyclic) bond motifs is 1. The summed E-state index contributed by atoms with van der Waals surface area (Å²) in [6, 6.07) is 19.7. The largest absolute Gasteiger partial charge is 0.343 e. The summed E-state index contributed by atoms with van der Waals surface area (Å²) in [5.74, 6) is 0.704. The number of hydrogen-bond donors (Lipinski definition) is 1. The van der Waals surface area contributed by atoms with Gasteiger partial charge in [0.2, 0.25) is 5.91 Å². The van der Waals surface area contributed by atoms with E-state index in [1.165, 1.54) is 0 Å². The van der Waals surface area contributed by atoms with Crippen LogP contribution < -0.4 is 10.2 Å². The molecule has 0 atom stereocenters. The van der Waals surface area contributed by atoms with E-state index in [9.17, 15) is 4.79 Å². The molecule has 118 valence electrons. The molecule has 5 nitrogen and oxygen atoms in total. The summed E-state index contributed by atoms with van der Waals surface area (Å²) in [7, 11) is 0. The summed E-state index contributed by atoms with van der Waals surface area (Å²) in [4.78, 5) is 22.9. The van der Waals surface area contributed by atoms with E-state index in [-0.39, 0.29) is 12.5 Å². The minimum Gasteiger partial charge on any atom is -0.343 e. The van der Waals surface area contributed by atoms with Crippen molar-refractivity contribution in [2.45, 2.75) is 6.54 Å². The van der Waals surface area contributed by atoms with Gasteiger partial charge in [-0.3, -0.25) is 4.79 Å². The molecule has 0 bridgehead atoms. The van der Waals surface area contributed by atoms with Crippen LogP contribution in [0.3, 0.4) is 0 Å². The Hall–Kier alpha value is -3.21. The Balaban J connectivity index is 1.70. The molecule has 0 spiro atoms. The van der Waals surface area contributed by atoms with Crippen molar-refractivity contribution < 1.29 is 4.79 Å². The highest BCUT2D eigenvalue weighted by Gasteiger charge is 2.20. The second kappa shape index (κ2) is 6.12. The van der Waals surface area contributed by atoms with Gasteiger partial charge in [0.15, 0.2) is 0 Å². The number of para-hydroxylation sites is 1. The molecule has 0 aliphatic carbocycles. The Morgan fingerprint density at radius 2 is 1.71 bits per heavy atom. The van der Waals surface area contributed by atoms with Crippen molar-refractivity contribution in [3.05, 3.63) is 72.6 Å². The van der Waals surface area contributed by atoms with Gasteiger partial charge in [-0.2, -0.15) is 0 Å². The fraction of sp³-hybridized carbons (Fsp3) is 0.105. The zero-order chi connectivity index (χ0) is 16.4. The quantitative estimate of drug-likeness (QED) is 0.789. The topological polar surface area (TPSA) is 58.1 Å². The lowest BCUT2D eigenvalue weighted by molar-refractivity contribution is -0.114. The predicted octanol–water partition coefficient (Wildman–Crippen LogP) is 3.10. The molecule has 1 aliphatic rings. The van der Waals surface area contributed by atoms with Gasteiger partial charge in [0.05, 0.1) is 12.2 Å². The van der Waals surface area contributed by atoms with Crippen LogP contribution in [-0.4, -0.2) is 22.4 Å². The summed E-state index contributed by atoms with van der Waals surface area (Å²) in [5.41, 5.74) is 3.81. The van der Waals surface area contributed by atoms with E-state index >= 15 is 0 Å². The molecule has 0 radical (unpaired) electrons. The van der Waals surface area contributed by atoms with Crippen LogP contribution >= 0.6 is 0 Å². The number of anilines is 2. The van der Waals surface area contributed by atoms with Crippen molar-refractivity contribution in [2.24, 2.45) is 0 Å². The molecule has 0 saturated heterocycles. The molecule has 1 N–H and O–H groups in total. The van der Waals surface area contributed by atoms with Crippen molar-refractivity contribution in [1.82, 2.24) is 9.97 Å². The highest BCUT2D eigenvalue weighted by atomic mass is 16.2. The number of benzene rings is 2. The summed E-state index contributed by atoms with van der Waals surface area (Å²) in [6.07, 6.45) is 1.55. The highest BCUT2D eigenvalue weighted by Crippen LogP contribution is 2.25. The third kappa shape index (κ3) is 2.84. The Bertz CT molecular complexity index is 879. The Labute approximate surface area is 140 Å². The summed E-state index contributed by atoms with van der Waals surface area (Å²) < 4.78 is 0. The molecule has 24 heavy (non-hydrogen) atoms. The van der Waals surface area contributed by atoms with Crippen LogP contribution in [0.5, 0.6) is 0 Å². The van der Waals surface area contributed by atoms with Gasteiger partial charge in [-0.05, 0) is 11.6 Å². The van der Waals surface area contributed by atoms with Crippen molar-refractivity contribution >= 4 is 17.4 Å². The fourth-order valence-electron chi connectivity index (χ4n) is 2.85. The Morgan fingerprint density at radius 3 is 2.58 bits per heavy atom. The number of rotatable bonds is 2. The third-order valence-corrected chi connectivity index (χ3v) is 4.03. The molecular formula is C19H16N4O.